The predicted octanol–water partition coefficient (Wildman–Crippen LogP) is 9.36. The van der Waals surface area contributed by atoms with E-state index in [0.29, 0.717) is 41.0 Å². The first-order valence-corrected chi connectivity index (χ1v) is 23.4. The molecule has 0 heterocycles. The quantitative estimate of drug-likeness (QED) is 0.0440. The summed E-state index contributed by atoms with van der Waals surface area (Å²) in [7, 11) is -8.09. The third kappa shape index (κ3) is 16.7. The number of unbranched alkanes of at least 4 members (excludes halogenated alkanes) is 1. The van der Waals surface area contributed by atoms with E-state index in [-0.39, 0.29) is 48.1 Å². The molecule has 0 unspecified atom stereocenters. The van der Waals surface area contributed by atoms with Crippen molar-refractivity contribution in [3.63, 3.8) is 0 Å². The Morgan fingerprint density at radius 2 is 0.853 bits per heavy atom. The molecule has 360 valence electrons. The maximum Gasteiger partial charge on any atom is 0.573 e. The second-order valence-corrected chi connectivity index (χ2v) is 17.3. The van der Waals surface area contributed by atoms with Crippen LogP contribution < -0.4 is 37.9 Å². The number of para-hydroxylation sites is 1. The molecule has 0 spiro atoms. The molecular formula is C47H45F3N2O14S2. The molecule has 0 saturated carbocycles. The Morgan fingerprint density at radius 1 is 0.500 bits per heavy atom. The molecule has 0 aliphatic heterocycles. The fourth-order valence-electron chi connectivity index (χ4n) is 5.62. The number of benzene rings is 6. The maximum absolute atomic E-state index is 12.6. The monoisotopic (exact) mass is 982 g/mol. The highest BCUT2D eigenvalue weighted by molar-refractivity contribution is 7.93. The van der Waals surface area contributed by atoms with Crippen LogP contribution in [0.1, 0.15) is 40.5 Å². The molecule has 6 rings (SSSR count). The first kappa shape index (κ1) is 51.3. The van der Waals surface area contributed by atoms with Crippen molar-refractivity contribution in [2.45, 2.75) is 35.9 Å². The minimum atomic E-state index is -5.05. The Balaban J connectivity index is 0.000000254. The summed E-state index contributed by atoms with van der Waals surface area (Å²) in [5.74, 6) is -0.289. The molecule has 6 aromatic rings. The zero-order valence-electron chi connectivity index (χ0n) is 36.0. The fraction of sp³-hybridized carbons (Fsp3) is 0.191. The number of rotatable bonds is 23. The van der Waals surface area contributed by atoms with Gasteiger partial charge in [0.2, 0.25) is 0 Å². The number of hydrogen-bond donors (Lipinski definition) is 4. The average Bonchev–Trinajstić information content (AvgIpc) is 3.30. The number of carboxylic acids is 2. The van der Waals surface area contributed by atoms with E-state index < -0.39 is 49.0 Å². The molecule has 0 bridgehead atoms. The number of aromatic carboxylic acids is 2. The lowest BCUT2D eigenvalue weighted by molar-refractivity contribution is -0.275. The van der Waals surface area contributed by atoms with Gasteiger partial charge in [0.15, 0.2) is 0 Å². The van der Waals surface area contributed by atoms with Gasteiger partial charge in [0.05, 0.1) is 22.6 Å². The van der Waals surface area contributed by atoms with Gasteiger partial charge in [0.1, 0.15) is 65.8 Å². The van der Waals surface area contributed by atoms with Crippen molar-refractivity contribution in [2.75, 3.05) is 42.5 Å². The number of anilines is 2. The Bertz CT molecular complexity index is 2780. The second kappa shape index (κ2) is 24.2. The highest BCUT2D eigenvalue weighted by Gasteiger charge is 2.34. The normalized spacial score (nSPS) is 11.2. The number of carbonyl (C=O) groups is 2. The lowest BCUT2D eigenvalue weighted by atomic mass is 10.2. The summed E-state index contributed by atoms with van der Waals surface area (Å²) in [5, 5.41) is 17.8. The van der Waals surface area contributed by atoms with Gasteiger partial charge in [-0.15, -0.1) is 13.2 Å². The van der Waals surface area contributed by atoms with E-state index >= 15 is 0 Å². The lowest BCUT2D eigenvalue weighted by Gasteiger charge is -2.14. The molecule has 0 aromatic heterocycles. The number of alkyl halides is 3. The minimum absolute atomic E-state index is 0.101. The van der Waals surface area contributed by atoms with E-state index in [4.69, 9.17) is 33.9 Å². The summed E-state index contributed by atoms with van der Waals surface area (Å²) in [5.41, 5.74) is 0.831. The molecule has 21 heteroatoms. The molecule has 0 fully saturated rings. The van der Waals surface area contributed by atoms with Crippen molar-refractivity contribution in [1.82, 2.24) is 0 Å². The van der Waals surface area contributed by atoms with Crippen molar-refractivity contribution >= 4 is 43.4 Å². The largest absolute Gasteiger partial charge is 0.573 e. The highest BCUT2D eigenvalue weighted by atomic mass is 32.2. The van der Waals surface area contributed by atoms with Crippen LogP contribution >= 0.6 is 0 Å². The van der Waals surface area contributed by atoms with Crippen molar-refractivity contribution in [3.8, 4) is 34.5 Å². The van der Waals surface area contributed by atoms with Crippen LogP contribution in [0.4, 0.5) is 24.5 Å². The van der Waals surface area contributed by atoms with Gasteiger partial charge in [-0.05, 0) is 140 Å². The zero-order chi connectivity index (χ0) is 49.2. The molecule has 6 aromatic carbocycles. The van der Waals surface area contributed by atoms with E-state index in [2.05, 4.69) is 21.1 Å². The van der Waals surface area contributed by atoms with Crippen molar-refractivity contribution in [2.24, 2.45) is 0 Å². The van der Waals surface area contributed by atoms with Crippen molar-refractivity contribution in [1.29, 1.82) is 0 Å². The van der Waals surface area contributed by atoms with Crippen LogP contribution in [0.2, 0.25) is 0 Å². The molecular weight excluding hydrogens is 938 g/mol. The van der Waals surface area contributed by atoms with Gasteiger partial charge in [0.25, 0.3) is 20.0 Å². The minimum Gasteiger partial charge on any atom is -0.494 e. The van der Waals surface area contributed by atoms with Gasteiger partial charge in [-0.2, -0.15) is 0 Å². The number of hydrogen-bond acceptors (Lipinski definition) is 12. The number of carboxylic acid groups (broad SMARTS) is 2. The van der Waals surface area contributed by atoms with Gasteiger partial charge >= 0.3 is 18.3 Å². The molecule has 0 aliphatic rings. The van der Waals surface area contributed by atoms with Crippen LogP contribution in [0, 0.1) is 0 Å². The highest BCUT2D eigenvalue weighted by Crippen LogP contribution is 2.31. The molecule has 0 radical (unpaired) electrons. The Labute approximate surface area is 389 Å². The topological polar surface area (TPSA) is 222 Å². The number of nitrogens with one attached hydrogen (secondary N) is 2. The van der Waals surface area contributed by atoms with Gasteiger partial charge in [-0.1, -0.05) is 25.5 Å². The third-order valence-electron chi connectivity index (χ3n) is 8.92. The van der Waals surface area contributed by atoms with Crippen LogP contribution in [-0.4, -0.2) is 78.4 Å². The van der Waals surface area contributed by atoms with E-state index in [0.717, 1.165) is 25.0 Å². The van der Waals surface area contributed by atoms with Crippen LogP contribution in [0.15, 0.2) is 155 Å². The van der Waals surface area contributed by atoms with Gasteiger partial charge < -0.3 is 38.6 Å². The average molecular weight is 983 g/mol. The molecule has 16 nitrogen and oxygen atoms in total. The Kier molecular flexibility index (Phi) is 18.3. The van der Waals surface area contributed by atoms with E-state index in [1.807, 2.05) is 0 Å². The summed E-state index contributed by atoms with van der Waals surface area (Å²) >= 11 is 0. The van der Waals surface area contributed by atoms with E-state index in [1.165, 1.54) is 84.9 Å². The molecule has 68 heavy (non-hydrogen) atoms. The number of halogens is 3. The maximum atomic E-state index is 12.6. The fourth-order valence-corrected chi connectivity index (χ4v) is 7.87. The standard InChI is InChI=1S/C25H27NO7S.C22H18F3NO7S/c1-2-3-16-31-23-12-14-24(15-13-23)34(29,30)26-20-6-10-22(11-7-20)33-18-17-32-21-8-4-19(5-9-21)25(27)28;23-22(24,25)33-19-3-1-2-4-20(19)34(29,30)26-16-7-11-18(12-8-16)32-14-13-31-17-9-5-15(6-10-17)21(27)28/h4-15,26H,2-3,16-18H2,1H3,(H,27,28);1-12,26H,13-14H2,(H,27,28). The molecule has 4 N–H and O–H groups in total. The lowest BCUT2D eigenvalue weighted by Crippen LogP contribution is -2.20. The van der Waals surface area contributed by atoms with Crippen LogP contribution in [0.5, 0.6) is 34.5 Å². The smallest absolute Gasteiger partial charge is 0.494 e. The number of sulfonamides is 2. The van der Waals surface area contributed by atoms with Crippen LogP contribution in [-0.2, 0) is 20.0 Å². The van der Waals surface area contributed by atoms with Gasteiger partial charge in [-0.3, -0.25) is 9.44 Å². The van der Waals surface area contributed by atoms with Crippen LogP contribution in [0.3, 0.4) is 0 Å². The molecule has 0 amide bonds. The zero-order valence-corrected chi connectivity index (χ0v) is 37.7. The summed E-state index contributed by atoms with van der Waals surface area (Å²) in [4.78, 5) is 21.2. The first-order chi connectivity index (χ1) is 32.4. The SMILES string of the molecule is CCCCOc1ccc(S(=O)(=O)Nc2ccc(OCCOc3ccc(C(=O)O)cc3)cc2)cc1.O=C(O)c1ccc(OCCOc2ccc(NS(=O)(=O)c3ccccc3OC(F)(F)F)cc2)cc1. The van der Waals surface area contributed by atoms with Crippen molar-refractivity contribution in [3.05, 3.63) is 157 Å². The Morgan fingerprint density at radius 3 is 1.24 bits per heavy atom. The predicted molar refractivity (Wildman–Crippen MR) is 243 cm³/mol. The molecule has 0 atom stereocenters. The molecule has 0 aliphatic carbocycles. The summed E-state index contributed by atoms with van der Waals surface area (Å²) in [6, 6.07) is 34.9. The summed E-state index contributed by atoms with van der Waals surface area (Å²) in [6.45, 7) is 3.51. The second-order valence-electron chi connectivity index (χ2n) is 14.0. The first-order valence-electron chi connectivity index (χ1n) is 20.4. The van der Waals surface area contributed by atoms with Gasteiger partial charge in [-0.25, -0.2) is 26.4 Å². The van der Waals surface area contributed by atoms with Crippen molar-refractivity contribution < 1.29 is 78.2 Å². The Hall–Kier alpha value is -7.65. The van der Waals surface area contributed by atoms with Crippen LogP contribution in [0.25, 0.3) is 0 Å². The van der Waals surface area contributed by atoms with Gasteiger partial charge in [0, 0.05) is 11.4 Å². The van der Waals surface area contributed by atoms with E-state index in [9.17, 15) is 39.6 Å². The summed E-state index contributed by atoms with van der Waals surface area (Å²) in [6.07, 6.45) is -3.08. The van der Waals surface area contributed by atoms with E-state index in [1.54, 1.807) is 48.5 Å². The number of ether oxygens (including phenoxy) is 6. The summed E-state index contributed by atoms with van der Waals surface area (Å²) < 4.78 is 124. The third-order valence-corrected chi connectivity index (χ3v) is 11.7. The molecule has 0 saturated heterocycles.